The van der Waals surface area contributed by atoms with E-state index in [2.05, 4.69) is 254 Å². The van der Waals surface area contributed by atoms with E-state index in [-0.39, 0.29) is 0 Å². The fourth-order valence-corrected chi connectivity index (χ4v) is 8.95. The number of hydrogen-bond donors (Lipinski definition) is 0. The maximum atomic E-state index is 2.39. The van der Waals surface area contributed by atoms with E-state index in [0.29, 0.717) is 0 Å². The molecule has 0 saturated carbocycles. The van der Waals surface area contributed by atoms with Gasteiger partial charge in [-0.1, -0.05) is 200 Å². The van der Waals surface area contributed by atoms with E-state index in [4.69, 9.17) is 0 Å². The Morgan fingerprint density at radius 3 is 1.34 bits per heavy atom. The van der Waals surface area contributed by atoms with Gasteiger partial charge in [0, 0.05) is 17.1 Å². The molecule has 1 heteroatoms. The lowest BCUT2D eigenvalue weighted by molar-refractivity contribution is 1.28. The molecule has 11 aromatic rings. The molecule has 0 fully saturated rings. The Hall–Kier alpha value is -8.00. The third-order valence-corrected chi connectivity index (χ3v) is 12.1. The molecule has 61 heavy (non-hydrogen) atoms. The molecule has 1 nitrogen and oxygen atoms in total. The van der Waals surface area contributed by atoms with E-state index >= 15 is 0 Å². The number of nitrogens with zero attached hydrogens (tertiary/aromatic N) is 1. The molecule has 286 valence electrons. The van der Waals surface area contributed by atoms with Gasteiger partial charge in [0.15, 0.2) is 0 Å². The standard InChI is InChI=1S/C60H41N/c1-3-13-42(14-4-1)44-29-33-52(34-30-44)61(53-35-31-48(32-36-53)59-40-51-19-9-10-20-55(51)57-21-11-12-22-58(57)59)54-37-38-56(60(41-54)46-16-5-2-6-17-46)47-26-23-45(24-27-47)50-28-25-43-15-7-8-18-49(43)39-50/h1-41H. The van der Waals surface area contributed by atoms with Gasteiger partial charge in [-0.15, -0.1) is 0 Å². The highest BCUT2D eigenvalue weighted by molar-refractivity contribution is 6.13. The first-order valence-corrected chi connectivity index (χ1v) is 21.0. The van der Waals surface area contributed by atoms with Crippen molar-refractivity contribution in [2.75, 3.05) is 4.90 Å². The highest BCUT2D eigenvalue weighted by atomic mass is 15.1. The van der Waals surface area contributed by atoms with Crippen LogP contribution in [-0.4, -0.2) is 0 Å². The first kappa shape index (κ1) is 36.1. The van der Waals surface area contributed by atoms with E-state index in [9.17, 15) is 0 Å². The minimum absolute atomic E-state index is 1.09. The molecule has 11 aromatic carbocycles. The van der Waals surface area contributed by atoms with Crippen molar-refractivity contribution in [3.8, 4) is 55.6 Å². The molecule has 0 unspecified atom stereocenters. The molecule has 11 rings (SSSR count). The van der Waals surface area contributed by atoms with Crippen LogP contribution in [-0.2, 0) is 0 Å². The summed E-state index contributed by atoms with van der Waals surface area (Å²) >= 11 is 0. The van der Waals surface area contributed by atoms with Gasteiger partial charge in [-0.25, -0.2) is 0 Å². The van der Waals surface area contributed by atoms with Gasteiger partial charge in [-0.2, -0.15) is 0 Å². The molecule has 0 heterocycles. The lowest BCUT2D eigenvalue weighted by atomic mass is 9.92. The Kier molecular flexibility index (Phi) is 9.26. The zero-order valence-electron chi connectivity index (χ0n) is 33.6. The molecular weight excluding hydrogens is 735 g/mol. The van der Waals surface area contributed by atoms with Crippen molar-refractivity contribution in [2.45, 2.75) is 0 Å². The molecule has 0 saturated heterocycles. The molecule has 0 N–H and O–H groups in total. The zero-order chi connectivity index (χ0) is 40.5. The topological polar surface area (TPSA) is 3.24 Å². The molecule has 0 aliphatic heterocycles. The predicted octanol–water partition coefficient (Wildman–Crippen LogP) is 17.0. The van der Waals surface area contributed by atoms with Gasteiger partial charge in [0.25, 0.3) is 0 Å². The van der Waals surface area contributed by atoms with Crippen molar-refractivity contribution in [1.29, 1.82) is 0 Å². The van der Waals surface area contributed by atoms with Crippen molar-refractivity contribution in [2.24, 2.45) is 0 Å². The first-order chi connectivity index (χ1) is 30.2. The molecular formula is C60H41N. The second kappa shape index (κ2) is 15.6. The minimum Gasteiger partial charge on any atom is -0.310 e. The van der Waals surface area contributed by atoms with Crippen LogP contribution < -0.4 is 4.90 Å². The van der Waals surface area contributed by atoms with Crippen LogP contribution in [0.25, 0.3) is 88.0 Å². The molecule has 0 atom stereocenters. The Morgan fingerprint density at radius 1 is 0.197 bits per heavy atom. The summed E-state index contributed by atoms with van der Waals surface area (Å²) in [4.78, 5) is 2.39. The molecule has 0 radical (unpaired) electrons. The van der Waals surface area contributed by atoms with Gasteiger partial charge in [-0.05, 0) is 136 Å². The summed E-state index contributed by atoms with van der Waals surface area (Å²) in [6.45, 7) is 0. The van der Waals surface area contributed by atoms with Crippen molar-refractivity contribution in [3.05, 3.63) is 249 Å². The maximum Gasteiger partial charge on any atom is 0.0468 e. The molecule has 0 amide bonds. The number of anilines is 3. The van der Waals surface area contributed by atoms with Crippen LogP contribution in [0.15, 0.2) is 249 Å². The largest absolute Gasteiger partial charge is 0.310 e. The van der Waals surface area contributed by atoms with E-state index in [1.165, 1.54) is 88.0 Å². The fourth-order valence-electron chi connectivity index (χ4n) is 8.95. The van der Waals surface area contributed by atoms with Crippen molar-refractivity contribution >= 4 is 49.4 Å². The van der Waals surface area contributed by atoms with E-state index in [1.807, 2.05) is 0 Å². The van der Waals surface area contributed by atoms with E-state index in [0.717, 1.165) is 17.1 Å². The number of fused-ring (bicyclic) bond motifs is 4. The summed E-state index contributed by atoms with van der Waals surface area (Å²) in [5, 5.41) is 7.57. The third kappa shape index (κ3) is 6.93. The van der Waals surface area contributed by atoms with Crippen LogP contribution in [0.3, 0.4) is 0 Å². The molecule has 0 spiro atoms. The normalized spacial score (nSPS) is 11.3. The summed E-state index contributed by atoms with van der Waals surface area (Å²) in [7, 11) is 0. The molecule has 0 bridgehead atoms. The van der Waals surface area contributed by atoms with Gasteiger partial charge in [-0.3, -0.25) is 0 Å². The average Bonchev–Trinajstić information content (AvgIpc) is 3.35. The molecule has 0 aromatic heterocycles. The number of rotatable bonds is 8. The van der Waals surface area contributed by atoms with Crippen LogP contribution in [0.1, 0.15) is 0 Å². The highest BCUT2D eigenvalue weighted by Crippen LogP contribution is 2.43. The summed E-state index contributed by atoms with van der Waals surface area (Å²) in [5.41, 5.74) is 15.3. The first-order valence-electron chi connectivity index (χ1n) is 21.0. The van der Waals surface area contributed by atoms with Crippen LogP contribution in [0, 0.1) is 0 Å². The van der Waals surface area contributed by atoms with Gasteiger partial charge >= 0.3 is 0 Å². The Morgan fingerprint density at radius 2 is 0.639 bits per heavy atom. The monoisotopic (exact) mass is 775 g/mol. The number of hydrogen-bond acceptors (Lipinski definition) is 1. The molecule has 0 aliphatic carbocycles. The Bertz CT molecular complexity index is 3310. The third-order valence-electron chi connectivity index (χ3n) is 12.1. The lowest BCUT2D eigenvalue weighted by Crippen LogP contribution is -2.10. The lowest BCUT2D eigenvalue weighted by Gasteiger charge is -2.27. The van der Waals surface area contributed by atoms with Crippen LogP contribution in [0.5, 0.6) is 0 Å². The highest BCUT2D eigenvalue weighted by Gasteiger charge is 2.18. The molecule has 0 aliphatic rings. The van der Waals surface area contributed by atoms with Crippen molar-refractivity contribution in [1.82, 2.24) is 0 Å². The van der Waals surface area contributed by atoms with Crippen LogP contribution in [0.4, 0.5) is 17.1 Å². The minimum atomic E-state index is 1.09. The Balaban J connectivity index is 1.02. The van der Waals surface area contributed by atoms with Crippen molar-refractivity contribution < 1.29 is 0 Å². The fraction of sp³-hybridized carbons (Fsp3) is 0. The van der Waals surface area contributed by atoms with Gasteiger partial charge in [0.05, 0.1) is 0 Å². The van der Waals surface area contributed by atoms with Crippen LogP contribution >= 0.6 is 0 Å². The van der Waals surface area contributed by atoms with E-state index in [1.54, 1.807) is 0 Å². The van der Waals surface area contributed by atoms with Crippen molar-refractivity contribution in [3.63, 3.8) is 0 Å². The maximum absolute atomic E-state index is 2.39. The summed E-state index contributed by atoms with van der Waals surface area (Å²) in [6.07, 6.45) is 0. The quantitative estimate of drug-likeness (QED) is 0.139. The van der Waals surface area contributed by atoms with Gasteiger partial charge < -0.3 is 4.90 Å². The number of benzene rings is 11. The summed E-state index contributed by atoms with van der Waals surface area (Å²) in [6, 6.07) is 90.5. The second-order valence-corrected chi connectivity index (χ2v) is 15.7. The summed E-state index contributed by atoms with van der Waals surface area (Å²) in [5.74, 6) is 0. The SMILES string of the molecule is c1ccc(-c2ccc(N(c3ccc(-c4cc5ccccc5c5ccccc45)cc3)c3ccc(-c4ccc(-c5ccc6ccccc6c5)cc4)c(-c4ccccc4)c3)cc2)cc1. The smallest absolute Gasteiger partial charge is 0.0468 e. The van der Waals surface area contributed by atoms with E-state index < -0.39 is 0 Å². The van der Waals surface area contributed by atoms with Crippen LogP contribution in [0.2, 0.25) is 0 Å². The zero-order valence-corrected chi connectivity index (χ0v) is 33.6. The average molecular weight is 776 g/mol. The van der Waals surface area contributed by atoms with Gasteiger partial charge in [0.2, 0.25) is 0 Å². The summed E-state index contributed by atoms with van der Waals surface area (Å²) < 4.78 is 0. The predicted molar refractivity (Wildman–Crippen MR) is 261 cm³/mol. The second-order valence-electron chi connectivity index (χ2n) is 15.7. The Labute approximate surface area is 357 Å². The van der Waals surface area contributed by atoms with Gasteiger partial charge in [0.1, 0.15) is 0 Å².